The monoisotopic (exact) mass is 378 g/mol. The van der Waals surface area contributed by atoms with Gasteiger partial charge in [-0.2, -0.15) is 0 Å². The van der Waals surface area contributed by atoms with Gasteiger partial charge in [0, 0.05) is 28.0 Å². The standard InChI is InChI=1S/C17H16Cl2N4S/c1-11-5-6-13(19)10-15(11)22-16-20-7-8-23(16)17(24)21-14-4-2-3-12(18)9-14/h2-6,9-10H,7-8H2,1H3,(H,20,22)(H,21,24). The molecule has 124 valence electrons. The number of benzene rings is 2. The molecule has 3 rings (SSSR count). The number of guanidine groups is 1. The van der Waals surface area contributed by atoms with Crippen LogP contribution < -0.4 is 10.6 Å². The number of nitrogens with zero attached hydrogens (tertiary/aromatic N) is 2. The number of nitrogens with one attached hydrogen (secondary N) is 2. The normalized spacial score (nSPS) is 13.6. The third kappa shape index (κ3) is 3.98. The van der Waals surface area contributed by atoms with Gasteiger partial charge in [0.15, 0.2) is 5.11 Å². The zero-order valence-corrected chi connectivity index (χ0v) is 15.3. The van der Waals surface area contributed by atoms with Gasteiger partial charge in [0.05, 0.1) is 6.54 Å². The minimum Gasteiger partial charge on any atom is -0.332 e. The molecule has 0 fully saturated rings. The number of halogens is 2. The molecule has 0 radical (unpaired) electrons. The predicted octanol–water partition coefficient (Wildman–Crippen LogP) is 4.78. The second-order valence-electron chi connectivity index (χ2n) is 5.38. The molecular formula is C17H16Cl2N4S. The second-order valence-corrected chi connectivity index (χ2v) is 6.64. The van der Waals surface area contributed by atoms with Gasteiger partial charge < -0.3 is 10.6 Å². The molecule has 1 aliphatic rings. The molecule has 0 atom stereocenters. The van der Waals surface area contributed by atoms with Crippen molar-refractivity contribution in [2.24, 2.45) is 4.99 Å². The van der Waals surface area contributed by atoms with Crippen LogP contribution in [0.5, 0.6) is 0 Å². The van der Waals surface area contributed by atoms with Gasteiger partial charge >= 0.3 is 0 Å². The SMILES string of the molecule is Cc1ccc(Cl)cc1NC1=NCCN1C(=S)Nc1cccc(Cl)c1. The van der Waals surface area contributed by atoms with Crippen LogP contribution in [0.25, 0.3) is 0 Å². The van der Waals surface area contributed by atoms with Crippen LogP contribution in [0.4, 0.5) is 11.4 Å². The molecule has 0 saturated heterocycles. The first kappa shape index (κ1) is 17.0. The van der Waals surface area contributed by atoms with Gasteiger partial charge in [-0.1, -0.05) is 35.3 Å². The van der Waals surface area contributed by atoms with E-state index in [9.17, 15) is 0 Å². The van der Waals surface area contributed by atoms with Crippen molar-refractivity contribution in [3.63, 3.8) is 0 Å². The quantitative estimate of drug-likeness (QED) is 0.737. The first-order valence-corrected chi connectivity index (χ1v) is 8.61. The molecule has 0 amide bonds. The minimum atomic E-state index is 0.570. The Morgan fingerprint density at radius 3 is 2.75 bits per heavy atom. The molecule has 0 aromatic heterocycles. The molecule has 0 bridgehead atoms. The van der Waals surface area contributed by atoms with E-state index in [1.165, 1.54) is 0 Å². The van der Waals surface area contributed by atoms with E-state index in [0.29, 0.717) is 34.2 Å². The fraction of sp³-hybridized carbons (Fsp3) is 0.176. The van der Waals surface area contributed by atoms with E-state index in [-0.39, 0.29) is 0 Å². The van der Waals surface area contributed by atoms with Crippen molar-refractivity contribution in [1.82, 2.24) is 4.90 Å². The smallest absolute Gasteiger partial charge is 0.204 e. The number of hydrogen-bond acceptors (Lipinski definition) is 3. The molecule has 1 aliphatic heterocycles. The highest BCUT2D eigenvalue weighted by molar-refractivity contribution is 7.80. The Morgan fingerprint density at radius 1 is 1.17 bits per heavy atom. The van der Waals surface area contributed by atoms with Gasteiger partial charge in [0.25, 0.3) is 0 Å². The van der Waals surface area contributed by atoms with Crippen LogP contribution >= 0.6 is 35.4 Å². The summed E-state index contributed by atoms with van der Waals surface area (Å²) >= 11 is 17.6. The molecule has 2 aromatic rings. The van der Waals surface area contributed by atoms with Crippen molar-refractivity contribution in [3.05, 3.63) is 58.1 Å². The molecule has 24 heavy (non-hydrogen) atoms. The Hall–Kier alpha value is -1.82. The maximum absolute atomic E-state index is 6.08. The highest BCUT2D eigenvalue weighted by Gasteiger charge is 2.21. The molecule has 2 N–H and O–H groups in total. The third-order valence-corrected chi connectivity index (χ3v) is 4.40. The summed E-state index contributed by atoms with van der Waals surface area (Å²) in [5, 5.41) is 8.41. The fourth-order valence-corrected chi connectivity index (χ4v) is 3.02. The van der Waals surface area contributed by atoms with E-state index >= 15 is 0 Å². The Labute approximate surface area is 156 Å². The van der Waals surface area contributed by atoms with Crippen LogP contribution in [0.15, 0.2) is 47.5 Å². The maximum Gasteiger partial charge on any atom is 0.204 e. The van der Waals surface area contributed by atoms with E-state index in [2.05, 4.69) is 15.6 Å². The van der Waals surface area contributed by atoms with E-state index in [0.717, 1.165) is 16.9 Å². The zero-order valence-electron chi connectivity index (χ0n) is 13.0. The van der Waals surface area contributed by atoms with Crippen LogP contribution in [-0.4, -0.2) is 29.1 Å². The summed E-state index contributed by atoms with van der Waals surface area (Å²) in [6, 6.07) is 13.1. The van der Waals surface area contributed by atoms with E-state index in [1.54, 1.807) is 0 Å². The van der Waals surface area contributed by atoms with Crippen molar-refractivity contribution >= 4 is 57.9 Å². The van der Waals surface area contributed by atoms with Crippen molar-refractivity contribution in [1.29, 1.82) is 0 Å². The number of anilines is 2. The van der Waals surface area contributed by atoms with Gasteiger partial charge in [-0.3, -0.25) is 9.89 Å². The molecular weight excluding hydrogens is 363 g/mol. The summed E-state index contributed by atoms with van der Waals surface area (Å²) in [5.41, 5.74) is 2.85. The summed E-state index contributed by atoms with van der Waals surface area (Å²) in [6.07, 6.45) is 0. The third-order valence-electron chi connectivity index (χ3n) is 3.61. The Morgan fingerprint density at radius 2 is 1.96 bits per heavy atom. The van der Waals surface area contributed by atoms with Crippen LogP contribution in [0.1, 0.15) is 5.56 Å². The minimum absolute atomic E-state index is 0.570. The van der Waals surface area contributed by atoms with Crippen molar-refractivity contribution in [3.8, 4) is 0 Å². The molecule has 7 heteroatoms. The summed E-state index contributed by atoms with van der Waals surface area (Å²) in [5.74, 6) is 0.708. The van der Waals surface area contributed by atoms with Crippen LogP contribution in [0.2, 0.25) is 10.0 Å². The lowest BCUT2D eigenvalue weighted by atomic mass is 10.2. The number of aryl methyl sites for hydroxylation is 1. The molecule has 1 heterocycles. The van der Waals surface area contributed by atoms with Crippen LogP contribution in [-0.2, 0) is 0 Å². The highest BCUT2D eigenvalue weighted by Crippen LogP contribution is 2.22. The molecule has 0 saturated carbocycles. The van der Waals surface area contributed by atoms with Gasteiger partial charge in [-0.25, -0.2) is 0 Å². The first-order valence-electron chi connectivity index (χ1n) is 7.44. The van der Waals surface area contributed by atoms with Crippen molar-refractivity contribution in [2.45, 2.75) is 6.92 Å². The van der Waals surface area contributed by atoms with E-state index in [4.69, 9.17) is 35.4 Å². The summed E-state index contributed by atoms with van der Waals surface area (Å²) in [6.45, 7) is 3.41. The van der Waals surface area contributed by atoms with Crippen molar-refractivity contribution in [2.75, 3.05) is 23.7 Å². The lowest BCUT2D eigenvalue weighted by Gasteiger charge is -2.23. The Bertz CT molecular complexity index is 807. The van der Waals surface area contributed by atoms with E-state index in [1.807, 2.05) is 54.3 Å². The number of rotatable bonds is 2. The Kier molecular flexibility index (Phi) is 5.23. The fourth-order valence-electron chi connectivity index (χ4n) is 2.36. The number of hydrogen-bond donors (Lipinski definition) is 2. The molecule has 0 aliphatic carbocycles. The maximum atomic E-state index is 6.08. The largest absolute Gasteiger partial charge is 0.332 e. The average molecular weight is 379 g/mol. The summed E-state index contributed by atoms with van der Waals surface area (Å²) < 4.78 is 0. The predicted molar refractivity (Wildman–Crippen MR) is 106 cm³/mol. The lowest BCUT2D eigenvalue weighted by molar-refractivity contribution is 0.674. The molecule has 2 aromatic carbocycles. The topological polar surface area (TPSA) is 39.7 Å². The van der Waals surface area contributed by atoms with E-state index < -0.39 is 0 Å². The van der Waals surface area contributed by atoms with Gasteiger partial charge in [-0.05, 0) is 55.0 Å². The zero-order chi connectivity index (χ0) is 17.1. The van der Waals surface area contributed by atoms with Gasteiger partial charge in [0.2, 0.25) is 5.96 Å². The van der Waals surface area contributed by atoms with Crippen LogP contribution in [0.3, 0.4) is 0 Å². The molecule has 0 unspecified atom stereocenters. The van der Waals surface area contributed by atoms with Gasteiger partial charge in [-0.15, -0.1) is 0 Å². The Balaban J connectivity index is 1.73. The second kappa shape index (κ2) is 7.38. The molecule has 0 spiro atoms. The van der Waals surface area contributed by atoms with Crippen molar-refractivity contribution < 1.29 is 0 Å². The first-order chi connectivity index (χ1) is 11.5. The average Bonchev–Trinajstić information content (AvgIpc) is 2.99. The number of thiocarbonyl (C=S) groups is 1. The van der Waals surface area contributed by atoms with Gasteiger partial charge in [0.1, 0.15) is 0 Å². The molecule has 4 nitrogen and oxygen atoms in total. The number of aliphatic imine (C=N–C) groups is 1. The summed E-state index contributed by atoms with van der Waals surface area (Å²) in [7, 11) is 0. The lowest BCUT2D eigenvalue weighted by Crippen LogP contribution is -2.41. The highest BCUT2D eigenvalue weighted by atomic mass is 35.5. The van der Waals surface area contributed by atoms with Crippen LogP contribution in [0, 0.1) is 6.92 Å². The summed E-state index contributed by atoms with van der Waals surface area (Å²) in [4.78, 5) is 6.43.